The number of hydrogen-bond acceptors (Lipinski definition) is 11. The van der Waals surface area contributed by atoms with Gasteiger partial charge in [-0.3, -0.25) is 4.79 Å². The van der Waals surface area contributed by atoms with Gasteiger partial charge in [-0.2, -0.15) is 0 Å². The number of nitrogens with two attached hydrogens (primary N) is 1. The summed E-state index contributed by atoms with van der Waals surface area (Å²) in [6.07, 6.45) is -3.50. The number of rotatable bonds is 14. The Morgan fingerprint density at radius 1 is 0.795 bits per heavy atom. The molecule has 0 aromatic heterocycles. The van der Waals surface area contributed by atoms with E-state index < -0.39 is 54.7 Å². The lowest BCUT2D eigenvalue weighted by Gasteiger charge is -2.25. The zero-order chi connectivity index (χ0) is 29.7. The van der Waals surface area contributed by atoms with Crippen LogP contribution in [0.5, 0.6) is 11.5 Å². The van der Waals surface area contributed by atoms with E-state index in [0.29, 0.717) is 18.4 Å². The number of carboxylic acid groups (broad SMARTS) is 1. The quantitative estimate of drug-likeness (QED) is 0.170. The van der Waals surface area contributed by atoms with Gasteiger partial charge in [-0.1, -0.05) is 33.8 Å². The molecule has 1 aromatic carbocycles. The maximum atomic E-state index is 12.4. The maximum absolute atomic E-state index is 12.4. The summed E-state index contributed by atoms with van der Waals surface area (Å²) in [5.41, 5.74) is 6.31. The van der Waals surface area contributed by atoms with E-state index in [-0.39, 0.29) is 30.4 Å². The van der Waals surface area contributed by atoms with Crippen LogP contribution >= 0.6 is 0 Å². The van der Waals surface area contributed by atoms with Gasteiger partial charge < -0.3 is 39.3 Å². The van der Waals surface area contributed by atoms with E-state index in [9.17, 15) is 24.3 Å². The Morgan fingerprint density at radius 3 is 1.79 bits per heavy atom. The molecule has 0 aliphatic carbocycles. The van der Waals surface area contributed by atoms with E-state index in [0.717, 1.165) is 0 Å². The van der Waals surface area contributed by atoms with Crippen molar-refractivity contribution in [1.82, 2.24) is 0 Å². The first kappa shape index (κ1) is 33.5. The van der Waals surface area contributed by atoms with E-state index in [1.165, 1.54) is 18.2 Å². The highest BCUT2D eigenvalue weighted by molar-refractivity contribution is 5.75. The summed E-state index contributed by atoms with van der Waals surface area (Å²) in [5, 5.41) is 9.63. The normalized spacial score (nSPS) is 14.8. The predicted octanol–water partition coefficient (Wildman–Crippen LogP) is 5.40. The molecule has 0 saturated heterocycles. The molecule has 0 bridgehead atoms. The summed E-state index contributed by atoms with van der Waals surface area (Å²) in [4.78, 5) is 48.4. The second kappa shape index (κ2) is 16.4. The topological polar surface area (TPSA) is 170 Å². The second-order valence-corrected chi connectivity index (χ2v) is 9.67. The standard InChI is InChI=1S/C27H41NO11/c1-8-16(5)35-26(32)38-21-11-10-19(13-22(21)39-27(33)36-17(6)9-2)20(23(28)24(29)30)12-18(7)37-25(31)34-14-15(3)4/h10-11,13,15-18,20,23H,8-9,12,14,28H2,1-7H3,(H,29,30)/t16?,17?,18?,20?,23-/m0/s1. The molecule has 4 unspecified atom stereocenters. The fraction of sp³-hybridized carbons (Fsp3) is 0.630. The molecule has 0 aliphatic heterocycles. The molecule has 5 atom stereocenters. The number of carbonyl (C=O) groups excluding carboxylic acids is 3. The van der Waals surface area contributed by atoms with Gasteiger partial charge in [0.25, 0.3) is 0 Å². The van der Waals surface area contributed by atoms with Crippen molar-refractivity contribution in [1.29, 1.82) is 0 Å². The molecule has 12 heteroatoms. The van der Waals surface area contributed by atoms with Gasteiger partial charge in [-0.25, -0.2) is 14.4 Å². The summed E-state index contributed by atoms with van der Waals surface area (Å²) in [6.45, 7) is 12.5. The van der Waals surface area contributed by atoms with Crippen LogP contribution in [-0.2, 0) is 23.7 Å². The molecule has 39 heavy (non-hydrogen) atoms. The van der Waals surface area contributed by atoms with E-state index in [1.54, 1.807) is 20.8 Å². The van der Waals surface area contributed by atoms with Crippen LogP contribution in [0, 0.1) is 5.92 Å². The minimum Gasteiger partial charge on any atom is -0.480 e. The molecule has 1 aromatic rings. The Kier molecular flexibility index (Phi) is 14.1. The van der Waals surface area contributed by atoms with Crippen molar-refractivity contribution in [2.75, 3.05) is 6.61 Å². The number of carboxylic acids is 1. The van der Waals surface area contributed by atoms with Crippen LogP contribution in [0.4, 0.5) is 14.4 Å². The lowest BCUT2D eigenvalue weighted by Crippen LogP contribution is -2.38. The third kappa shape index (κ3) is 12.2. The molecule has 0 heterocycles. The van der Waals surface area contributed by atoms with E-state index in [1.807, 2.05) is 27.7 Å². The monoisotopic (exact) mass is 555 g/mol. The van der Waals surface area contributed by atoms with Crippen molar-refractivity contribution in [3.05, 3.63) is 23.8 Å². The van der Waals surface area contributed by atoms with Gasteiger partial charge in [0.1, 0.15) is 24.4 Å². The number of carbonyl (C=O) groups is 4. The molecule has 1 rings (SSSR count). The summed E-state index contributed by atoms with van der Waals surface area (Å²) >= 11 is 0. The summed E-state index contributed by atoms with van der Waals surface area (Å²) < 4.78 is 31.1. The van der Waals surface area contributed by atoms with Crippen LogP contribution in [-0.4, -0.2) is 60.5 Å². The molecular weight excluding hydrogens is 514 g/mol. The number of aliphatic carboxylic acids is 1. The zero-order valence-corrected chi connectivity index (χ0v) is 23.6. The molecule has 12 nitrogen and oxygen atoms in total. The SMILES string of the molecule is CCC(C)OC(=O)Oc1ccc(C(CC(C)OC(=O)OCC(C)C)[C@H](N)C(=O)O)cc1OC(=O)OC(C)CC. The first-order chi connectivity index (χ1) is 18.3. The first-order valence-corrected chi connectivity index (χ1v) is 13.0. The summed E-state index contributed by atoms with van der Waals surface area (Å²) in [7, 11) is 0. The smallest absolute Gasteiger partial charge is 0.480 e. The van der Waals surface area contributed by atoms with Crippen molar-refractivity contribution in [2.24, 2.45) is 11.7 Å². The lowest BCUT2D eigenvalue weighted by molar-refractivity contribution is -0.139. The van der Waals surface area contributed by atoms with Crippen molar-refractivity contribution >= 4 is 24.4 Å². The molecule has 0 fully saturated rings. The van der Waals surface area contributed by atoms with Gasteiger partial charge in [0.2, 0.25) is 0 Å². The van der Waals surface area contributed by atoms with Crippen molar-refractivity contribution in [2.45, 2.75) is 98.0 Å². The Bertz CT molecular complexity index is 965. The van der Waals surface area contributed by atoms with E-state index >= 15 is 0 Å². The highest BCUT2D eigenvalue weighted by Gasteiger charge is 2.30. The third-order valence-corrected chi connectivity index (χ3v) is 5.66. The fourth-order valence-electron chi connectivity index (χ4n) is 3.14. The van der Waals surface area contributed by atoms with Crippen molar-refractivity contribution in [3.63, 3.8) is 0 Å². The maximum Gasteiger partial charge on any atom is 0.514 e. The van der Waals surface area contributed by atoms with Gasteiger partial charge in [0.15, 0.2) is 11.5 Å². The predicted molar refractivity (Wildman–Crippen MR) is 140 cm³/mol. The third-order valence-electron chi connectivity index (χ3n) is 5.66. The summed E-state index contributed by atoms with van der Waals surface area (Å²) in [6, 6.07) is 2.70. The van der Waals surface area contributed by atoms with Crippen molar-refractivity contribution in [3.8, 4) is 11.5 Å². The zero-order valence-electron chi connectivity index (χ0n) is 23.6. The lowest BCUT2D eigenvalue weighted by atomic mass is 9.87. The van der Waals surface area contributed by atoms with Crippen LogP contribution in [0.3, 0.4) is 0 Å². The average Bonchev–Trinajstić information content (AvgIpc) is 2.86. The van der Waals surface area contributed by atoms with E-state index in [4.69, 9.17) is 34.2 Å². The van der Waals surface area contributed by atoms with Crippen LogP contribution in [0.25, 0.3) is 0 Å². The fourth-order valence-corrected chi connectivity index (χ4v) is 3.14. The minimum absolute atomic E-state index is 0.00272. The largest absolute Gasteiger partial charge is 0.514 e. The van der Waals surface area contributed by atoms with Crippen LogP contribution in [0.1, 0.15) is 79.2 Å². The van der Waals surface area contributed by atoms with E-state index in [2.05, 4.69) is 0 Å². The van der Waals surface area contributed by atoms with Gasteiger partial charge in [0, 0.05) is 5.92 Å². The molecule has 0 saturated carbocycles. The highest BCUT2D eigenvalue weighted by Crippen LogP contribution is 2.35. The molecule has 0 aliphatic rings. The van der Waals surface area contributed by atoms with Gasteiger partial charge in [0.05, 0.1) is 6.61 Å². The Labute approximate surface area is 229 Å². The van der Waals surface area contributed by atoms with Gasteiger partial charge >= 0.3 is 24.4 Å². The summed E-state index contributed by atoms with van der Waals surface area (Å²) in [5.74, 6) is -2.46. The minimum atomic E-state index is -1.41. The van der Waals surface area contributed by atoms with Gasteiger partial charge in [-0.15, -0.1) is 0 Å². The molecule has 220 valence electrons. The molecular formula is C27H41NO11. The highest BCUT2D eigenvalue weighted by atomic mass is 16.8. The molecule has 0 spiro atoms. The second-order valence-electron chi connectivity index (χ2n) is 9.67. The Balaban J connectivity index is 3.30. The van der Waals surface area contributed by atoms with Gasteiger partial charge in [-0.05, 0) is 63.6 Å². The van der Waals surface area contributed by atoms with Crippen molar-refractivity contribution < 1.29 is 52.7 Å². The van der Waals surface area contributed by atoms with Crippen LogP contribution in [0.15, 0.2) is 18.2 Å². The molecule has 0 amide bonds. The molecule has 0 radical (unpaired) electrons. The molecule has 3 N–H and O–H groups in total. The van der Waals surface area contributed by atoms with Crippen LogP contribution < -0.4 is 15.2 Å². The first-order valence-electron chi connectivity index (χ1n) is 13.0. The Morgan fingerprint density at radius 2 is 1.31 bits per heavy atom. The number of ether oxygens (including phenoxy) is 6. The Hall–Kier alpha value is -3.54. The number of benzene rings is 1. The number of hydrogen-bond donors (Lipinski definition) is 2. The average molecular weight is 556 g/mol. The van der Waals surface area contributed by atoms with Crippen LogP contribution in [0.2, 0.25) is 0 Å².